The van der Waals surface area contributed by atoms with Crippen LogP contribution in [0.4, 0.5) is 5.69 Å². The van der Waals surface area contributed by atoms with Gasteiger partial charge in [0.15, 0.2) is 0 Å². The number of para-hydroxylation sites is 1. The van der Waals surface area contributed by atoms with Crippen LogP contribution >= 0.6 is 0 Å². The van der Waals surface area contributed by atoms with Crippen LogP contribution in [0.3, 0.4) is 0 Å². The highest BCUT2D eigenvalue weighted by atomic mass is 32.2. The molecule has 1 aromatic rings. The van der Waals surface area contributed by atoms with Gasteiger partial charge in [0.05, 0.1) is 11.3 Å². The molecule has 1 atom stereocenters. The molecule has 1 saturated heterocycles. The number of nitriles is 1. The van der Waals surface area contributed by atoms with Gasteiger partial charge in [0, 0.05) is 13.1 Å². The summed E-state index contributed by atoms with van der Waals surface area (Å²) in [7, 11) is -3.57. The van der Waals surface area contributed by atoms with Crippen LogP contribution in [0.1, 0.15) is 25.3 Å². The van der Waals surface area contributed by atoms with E-state index in [1.165, 1.54) is 4.31 Å². The van der Waals surface area contributed by atoms with E-state index < -0.39 is 10.2 Å². The molecule has 102 valence electrons. The Kier molecular flexibility index (Phi) is 4.08. The summed E-state index contributed by atoms with van der Waals surface area (Å²) in [4.78, 5) is 0. The first-order chi connectivity index (χ1) is 9.03. The number of benzene rings is 1. The van der Waals surface area contributed by atoms with Crippen molar-refractivity contribution < 1.29 is 8.42 Å². The van der Waals surface area contributed by atoms with E-state index in [2.05, 4.69) is 4.72 Å². The molecule has 1 fully saturated rings. The Balaban J connectivity index is 2.19. The molecule has 1 aliphatic heterocycles. The first-order valence-electron chi connectivity index (χ1n) is 6.30. The SMILES string of the molecule is CC1CCCN(S(=O)(=O)Nc2ccccc2C#N)C1. The maximum Gasteiger partial charge on any atom is 0.301 e. The van der Waals surface area contributed by atoms with Crippen LogP contribution < -0.4 is 4.72 Å². The maximum absolute atomic E-state index is 12.3. The molecule has 1 aliphatic rings. The van der Waals surface area contributed by atoms with Gasteiger partial charge in [-0.25, -0.2) is 0 Å². The molecular weight excluding hydrogens is 262 g/mol. The van der Waals surface area contributed by atoms with E-state index in [9.17, 15) is 8.42 Å². The lowest BCUT2D eigenvalue weighted by Crippen LogP contribution is -2.42. The van der Waals surface area contributed by atoms with Crippen molar-refractivity contribution in [2.24, 2.45) is 5.92 Å². The highest BCUT2D eigenvalue weighted by molar-refractivity contribution is 7.90. The molecule has 1 aromatic carbocycles. The second-order valence-electron chi connectivity index (χ2n) is 4.87. The summed E-state index contributed by atoms with van der Waals surface area (Å²) < 4.78 is 28.5. The molecule has 0 radical (unpaired) electrons. The number of hydrogen-bond acceptors (Lipinski definition) is 3. The molecule has 1 heterocycles. The molecule has 5 nitrogen and oxygen atoms in total. The second kappa shape index (κ2) is 5.59. The van der Waals surface area contributed by atoms with Crippen LogP contribution in [0.15, 0.2) is 24.3 Å². The normalized spacial score (nSPS) is 20.7. The van der Waals surface area contributed by atoms with Crippen LogP contribution in [0.2, 0.25) is 0 Å². The van der Waals surface area contributed by atoms with Gasteiger partial charge in [-0.05, 0) is 30.9 Å². The van der Waals surface area contributed by atoms with Crippen molar-refractivity contribution >= 4 is 15.9 Å². The third-order valence-electron chi connectivity index (χ3n) is 3.25. The standard InChI is InChI=1S/C13H17N3O2S/c1-11-5-4-8-16(10-11)19(17,18)15-13-7-3-2-6-12(13)9-14/h2-3,6-7,11,15H,4-5,8,10H2,1H3. The van der Waals surface area contributed by atoms with E-state index in [1.54, 1.807) is 24.3 Å². The minimum absolute atomic E-state index is 0.330. The predicted octanol–water partition coefficient (Wildman–Crippen LogP) is 1.95. The Bertz CT molecular complexity index is 592. The van der Waals surface area contributed by atoms with E-state index in [0.717, 1.165) is 12.8 Å². The summed E-state index contributed by atoms with van der Waals surface area (Å²) in [6, 6.07) is 8.59. The second-order valence-corrected chi connectivity index (χ2v) is 6.54. The smallest absolute Gasteiger partial charge is 0.270 e. The molecular formula is C13H17N3O2S. The molecule has 1 N–H and O–H groups in total. The van der Waals surface area contributed by atoms with Crippen molar-refractivity contribution in [3.63, 3.8) is 0 Å². The molecule has 0 spiro atoms. The van der Waals surface area contributed by atoms with Gasteiger partial charge in [-0.2, -0.15) is 18.0 Å². The van der Waals surface area contributed by atoms with Gasteiger partial charge in [0.25, 0.3) is 0 Å². The van der Waals surface area contributed by atoms with Crippen molar-refractivity contribution in [3.8, 4) is 6.07 Å². The molecule has 1 unspecified atom stereocenters. The van der Waals surface area contributed by atoms with Crippen LogP contribution in [0.25, 0.3) is 0 Å². The summed E-state index contributed by atoms with van der Waals surface area (Å²) >= 11 is 0. The van der Waals surface area contributed by atoms with Crippen molar-refractivity contribution in [2.45, 2.75) is 19.8 Å². The number of anilines is 1. The van der Waals surface area contributed by atoms with Gasteiger partial charge >= 0.3 is 10.2 Å². The molecule has 2 rings (SSSR count). The van der Waals surface area contributed by atoms with Crippen molar-refractivity contribution in [1.29, 1.82) is 5.26 Å². The Hall–Kier alpha value is -1.58. The number of nitrogens with one attached hydrogen (secondary N) is 1. The Morgan fingerprint density at radius 1 is 1.42 bits per heavy atom. The fourth-order valence-electron chi connectivity index (χ4n) is 2.24. The quantitative estimate of drug-likeness (QED) is 0.919. The lowest BCUT2D eigenvalue weighted by Gasteiger charge is -2.30. The highest BCUT2D eigenvalue weighted by Gasteiger charge is 2.27. The van der Waals surface area contributed by atoms with Gasteiger partial charge in [0.2, 0.25) is 0 Å². The molecule has 0 bridgehead atoms. The Morgan fingerprint density at radius 3 is 2.84 bits per heavy atom. The summed E-state index contributed by atoms with van der Waals surface area (Å²) in [5.41, 5.74) is 0.666. The molecule has 0 aliphatic carbocycles. The van der Waals surface area contributed by atoms with E-state index >= 15 is 0 Å². The molecule has 0 aromatic heterocycles. The summed E-state index contributed by atoms with van der Waals surface area (Å²) in [6.07, 6.45) is 1.93. The minimum atomic E-state index is -3.57. The number of rotatable bonds is 3. The van der Waals surface area contributed by atoms with Crippen LogP contribution in [-0.2, 0) is 10.2 Å². The van der Waals surface area contributed by atoms with Crippen LogP contribution in [0.5, 0.6) is 0 Å². The number of hydrogen-bond donors (Lipinski definition) is 1. The van der Waals surface area contributed by atoms with E-state index in [1.807, 2.05) is 13.0 Å². The fraction of sp³-hybridized carbons (Fsp3) is 0.462. The zero-order valence-electron chi connectivity index (χ0n) is 10.8. The molecule has 0 saturated carbocycles. The average Bonchev–Trinajstić information content (AvgIpc) is 2.39. The summed E-state index contributed by atoms with van der Waals surface area (Å²) in [5.74, 6) is 0.372. The van der Waals surface area contributed by atoms with E-state index in [0.29, 0.717) is 30.3 Å². The average molecular weight is 279 g/mol. The third kappa shape index (κ3) is 3.25. The summed E-state index contributed by atoms with van der Waals surface area (Å²) in [5, 5.41) is 8.97. The molecule has 19 heavy (non-hydrogen) atoms. The van der Waals surface area contributed by atoms with Gasteiger partial charge in [-0.15, -0.1) is 0 Å². The van der Waals surface area contributed by atoms with E-state index in [4.69, 9.17) is 5.26 Å². The predicted molar refractivity (Wildman–Crippen MR) is 73.7 cm³/mol. The number of nitrogens with zero attached hydrogens (tertiary/aromatic N) is 2. The zero-order valence-corrected chi connectivity index (χ0v) is 11.7. The van der Waals surface area contributed by atoms with Crippen molar-refractivity contribution in [3.05, 3.63) is 29.8 Å². The largest absolute Gasteiger partial charge is 0.301 e. The first kappa shape index (κ1) is 13.8. The van der Waals surface area contributed by atoms with Gasteiger partial charge in [-0.1, -0.05) is 19.1 Å². The minimum Gasteiger partial charge on any atom is -0.270 e. The Morgan fingerprint density at radius 2 is 2.16 bits per heavy atom. The van der Waals surface area contributed by atoms with Crippen LogP contribution in [-0.4, -0.2) is 25.8 Å². The summed E-state index contributed by atoms with van der Waals surface area (Å²) in [6.45, 7) is 3.11. The molecule has 6 heteroatoms. The maximum atomic E-state index is 12.3. The first-order valence-corrected chi connectivity index (χ1v) is 7.74. The Labute approximate surface area is 114 Å². The lowest BCUT2D eigenvalue weighted by atomic mass is 10.0. The fourth-order valence-corrected chi connectivity index (χ4v) is 3.64. The van der Waals surface area contributed by atoms with Gasteiger partial charge in [-0.3, -0.25) is 4.72 Å². The highest BCUT2D eigenvalue weighted by Crippen LogP contribution is 2.21. The number of piperidine rings is 1. The lowest BCUT2D eigenvalue weighted by molar-refractivity contribution is 0.282. The monoisotopic (exact) mass is 279 g/mol. The molecule has 0 amide bonds. The van der Waals surface area contributed by atoms with Gasteiger partial charge < -0.3 is 0 Å². The van der Waals surface area contributed by atoms with Crippen LogP contribution in [0, 0.1) is 17.2 Å². The topological polar surface area (TPSA) is 73.2 Å². The third-order valence-corrected chi connectivity index (χ3v) is 4.74. The van der Waals surface area contributed by atoms with Crippen molar-refractivity contribution in [1.82, 2.24) is 4.31 Å². The van der Waals surface area contributed by atoms with Gasteiger partial charge in [0.1, 0.15) is 6.07 Å². The van der Waals surface area contributed by atoms with E-state index in [-0.39, 0.29) is 0 Å². The van der Waals surface area contributed by atoms with Crippen molar-refractivity contribution in [2.75, 3.05) is 17.8 Å². The zero-order chi connectivity index (χ0) is 13.9.